The van der Waals surface area contributed by atoms with E-state index in [9.17, 15) is 14.4 Å². The van der Waals surface area contributed by atoms with Gasteiger partial charge in [-0.05, 0) is 50.1 Å². The topological polar surface area (TPSA) is 95.5 Å². The highest BCUT2D eigenvalue weighted by molar-refractivity contribution is 5.91. The minimum absolute atomic E-state index is 0.0341. The fourth-order valence-electron chi connectivity index (χ4n) is 3.94. The second-order valence-corrected chi connectivity index (χ2v) is 7.84. The Morgan fingerprint density at radius 1 is 1.09 bits per heavy atom. The van der Waals surface area contributed by atoms with E-state index in [1.54, 1.807) is 37.9 Å². The molecule has 0 aliphatic heterocycles. The molecular weight excluding hydrogens is 422 g/mol. The Hall–Kier alpha value is -4.07. The number of nitrogens with one attached hydrogen (secondary N) is 1. The Kier molecular flexibility index (Phi) is 5.91. The van der Waals surface area contributed by atoms with Gasteiger partial charge in [0.1, 0.15) is 17.0 Å². The molecule has 8 nitrogen and oxygen atoms in total. The van der Waals surface area contributed by atoms with Gasteiger partial charge in [-0.25, -0.2) is 9.48 Å². The van der Waals surface area contributed by atoms with Crippen molar-refractivity contribution < 1.29 is 13.9 Å². The van der Waals surface area contributed by atoms with E-state index in [4.69, 9.17) is 9.15 Å². The molecule has 1 N–H and O–H groups in total. The molecular formula is C25H25N3O5. The number of hydrogen-bond donors (Lipinski definition) is 1. The SMILES string of the molecule is COc1ccc2c(C)c(CCC(=O)Nc3c(C)n(C)n(-c4ccccc4)c3=O)c(=O)oc2c1. The number of hydrogen-bond acceptors (Lipinski definition) is 5. The normalized spacial score (nSPS) is 11.0. The van der Waals surface area contributed by atoms with Crippen LogP contribution < -0.4 is 21.2 Å². The summed E-state index contributed by atoms with van der Waals surface area (Å²) in [6.45, 7) is 3.60. The first-order valence-electron chi connectivity index (χ1n) is 10.6. The first-order valence-corrected chi connectivity index (χ1v) is 10.6. The van der Waals surface area contributed by atoms with E-state index in [1.165, 1.54) is 4.68 Å². The van der Waals surface area contributed by atoms with Crippen LogP contribution in [0, 0.1) is 13.8 Å². The zero-order valence-corrected chi connectivity index (χ0v) is 19.0. The summed E-state index contributed by atoms with van der Waals surface area (Å²) in [7, 11) is 3.31. The van der Waals surface area contributed by atoms with Crippen LogP contribution in [0.25, 0.3) is 16.7 Å². The number of ether oxygens (including phenoxy) is 1. The second kappa shape index (κ2) is 8.82. The molecule has 0 saturated heterocycles. The maximum absolute atomic E-state index is 13.0. The molecule has 8 heteroatoms. The summed E-state index contributed by atoms with van der Waals surface area (Å²) in [5.41, 5.74) is 2.40. The number of benzene rings is 2. The van der Waals surface area contributed by atoms with Crippen LogP contribution in [0.5, 0.6) is 5.75 Å². The number of nitrogens with zero attached hydrogens (tertiary/aromatic N) is 2. The smallest absolute Gasteiger partial charge is 0.339 e. The van der Waals surface area contributed by atoms with E-state index in [-0.39, 0.29) is 30.0 Å². The molecule has 0 unspecified atom stereocenters. The third-order valence-corrected chi connectivity index (χ3v) is 5.92. The van der Waals surface area contributed by atoms with E-state index in [1.807, 2.05) is 43.3 Å². The predicted octanol–water partition coefficient (Wildman–Crippen LogP) is 3.48. The van der Waals surface area contributed by atoms with Crippen LogP contribution in [-0.4, -0.2) is 22.4 Å². The van der Waals surface area contributed by atoms with Gasteiger partial charge in [0, 0.05) is 30.5 Å². The number of amides is 1. The molecule has 0 bridgehead atoms. The van der Waals surface area contributed by atoms with Crippen LogP contribution in [-0.2, 0) is 18.3 Å². The van der Waals surface area contributed by atoms with E-state index in [0.29, 0.717) is 28.3 Å². The average molecular weight is 447 g/mol. The van der Waals surface area contributed by atoms with Crippen LogP contribution in [0.2, 0.25) is 0 Å². The van der Waals surface area contributed by atoms with Crippen LogP contribution >= 0.6 is 0 Å². The minimum Gasteiger partial charge on any atom is -0.497 e. The lowest BCUT2D eigenvalue weighted by Gasteiger charge is -2.09. The number of methoxy groups -OCH3 is 1. The summed E-state index contributed by atoms with van der Waals surface area (Å²) in [6.07, 6.45) is 0.229. The zero-order chi connectivity index (χ0) is 23.7. The number of aryl methyl sites for hydroxylation is 1. The number of carbonyl (C=O) groups excluding carboxylic acids is 1. The van der Waals surface area contributed by atoms with Crippen molar-refractivity contribution in [2.45, 2.75) is 26.7 Å². The quantitative estimate of drug-likeness (QED) is 0.457. The minimum atomic E-state index is -0.483. The van der Waals surface area contributed by atoms with Gasteiger partial charge >= 0.3 is 5.63 Å². The Bertz CT molecular complexity index is 1460. The Balaban J connectivity index is 1.56. The average Bonchev–Trinajstić information content (AvgIpc) is 3.02. The van der Waals surface area contributed by atoms with Crippen molar-refractivity contribution in [3.63, 3.8) is 0 Å². The predicted molar refractivity (Wildman–Crippen MR) is 126 cm³/mol. The number of para-hydroxylation sites is 1. The molecule has 0 atom stereocenters. The van der Waals surface area contributed by atoms with Gasteiger partial charge in [-0.1, -0.05) is 18.2 Å². The molecule has 33 heavy (non-hydrogen) atoms. The van der Waals surface area contributed by atoms with Crippen LogP contribution in [0.15, 0.2) is 62.5 Å². The van der Waals surface area contributed by atoms with Crippen molar-refractivity contribution in [3.05, 3.63) is 86.1 Å². The standard InChI is InChI=1S/C25H25N3O5/c1-15-19-11-10-18(32-4)14-21(19)33-25(31)20(15)12-13-22(29)26-23-16(2)27(3)28(24(23)30)17-8-6-5-7-9-17/h5-11,14H,12-13H2,1-4H3,(H,26,29). The largest absolute Gasteiger partial charge is 0.497 e. The molecule has 1 amide bonds. The van der Waals surface area contributed by atoms with Gasteiger partial charge in [-0.2, -0.15) is 0 Å². The highest BCUT2D eigenvalue weighted by atomic mass is 16.5. The van der Waals surface area contributed by atoms with Crippen molar-refractivity contribution in [3.8, 4) is 11.4 Å². The molecule has 2 aromatic carbocycles. The third kappa shape index (κ3) is 4.07. The summed E-state index contributed by atoms with van der Waals surface area (Å²) in [4.78, 5) is 38.2. The lowest BCUT2D eigenvalue weighted by atomic mass is 10.0. The Labute approximate surface area is 190 Å². The molecule has 0 spiro atoms. The molecule has 2 heterocycles. The zero-order valence-electron chi connectivity index (χ0n) is 19.0. The van der Waals surface area contributed by atoms with Crippen molar-refractivity contribution in [1.82, 2.24) is 9.36 Å². The maximum atomic E-state index is 13.0. The molecule has 0 aliphatic carbocycles. The molecule has 0 aliphatic rings. The highest BCUT2D eigenvalue weighted by Gasteiger charge is 2.19. The molecule has 0 saturated carbocycles. The van der Waals surface area contributed by atoms with E-state index < -0.39 is 5.63 Å². The van der Waals surface area contributed by atoms with E-state index in [2.05, 4.69) is 5.32 Å². The molecule has 0 fully saturated rings. The van der Waals surface area contributed by atoms with Gasteiger partial charge in [0.25, 0.3) is 5.56 Å². The Morgan fingerprint density at radius 2 is 1.82 bits per heavy atom. The van der Waals surface area contributed by atoms with Gasteiger partial charge in [-0.3, -0.25) is 14.3 Å². The fraction of sp³-hybridized carbons (Fsp3) is 0.240. The molecule has 170 valence electrons. The van der Waals surface area contributed by atoms with Gasteiger partial charge < -0.3 is 14.5 Å². The van der Waals surface area contributed by atoms with Crippen molar-refractivity contribution in [2.24, 2.45) is 7.05 Å². The highest BCUT2D eigenvalue weighted by Crippen LogP contribution is 2.24. The van der Waals surface area contributed by atoms with Crippen LogP contribution in [0.3, 0.4) is 0 Å². The number of carbonyl (C=O) groups is 1. The lowest BCUT2D eigenvalue weighted by Crippen LogP contribution is -2.23. The molecule has 2 aromatic heterocycles. The van der Waals surface area contributed by atoms with Gasteiger partial charge in [0.05, 0.1) is 18.5 Å². The van der Waals surface area contributed by atoms with Crippen molar-refractivity contribution >= 4 is 22.6 Å². The van der Waals surface area contributed by atoms with Crippen LogP contribution in [0.1, 0.15) is 23.2 Å². The molecule has 0 radical (unpaired) electrons. The first-order chi connectivity index (χ1) is 15.8. The summed E-state index contributed by atoms with van der Waals surface area (Å²) in [6, 6.07) is 14.5. The fourth-order valence-corrected chi connectivity index (χ4v) is 3.94. The molecule has 4 rings (SSSR count). The van der Waals surface area contributed by atoms with Crippen LogP contribution in [0.4, 0.5) is 5.69 Å². The monoisotopic (exact) mass is 447 g/mol. The summed E-state index contributed by atoms with van der Waals surface area (Å²) >= 11 is 0. The van der Waals surface area contributed by atoms with E-state index in [0.717, 1.165) is 10.9 Å². The van der Waals surface area contributed by atoms with Crippen molar-refractivity contribution in [1.29, 1.82) is 0 Å². The number of aromatic nitrogens is 2. The number of rotatable bonds is 6. The molecule has 4 aromatic rings. The number of anilines is 1. The summed E-state index contributed by atoms with van der Waals surface area (Å²) in [5.74, 6) is 0.242. The Morgan fingerprint density at radius 3 is 2.52 bits per heavy atom. The van der Waals surface area contributed by atoms with Gasteiger partial charge in [-0.15, -0.1) is 0 Å². The van der Waals surface area contributed by atoms with Gasteiger partial charge in [0.2, 0.25) is 5.91 Å². The lowest BCUT2D eigenvalue weighted by molar-refractivity contribution is -0.116. The van der Waals surface area contributed by atoms with Crippen molar-refractivity contribution in [2.75, 3.05) is 12.4 Å². The maximum Gasteiger partial charge on any atom is 0.339 e. The summed E-state index contributed by atoms with van der Waals surface area (Å²) in [5, 5.41) is 3.52. The number of fused-ring (bicyclic) bond motifs is 1. The van der Waals surface area contributed by atoms with Gasteiger partial charge in [0.15, 0.2) is 0 Å². The second-order valence-electron chi connectivity index (χ2n) is 7.84. The third-order valence-electron chi connectivity index (χ3n) is 5.92. The van der Waals surface area contributed by atoms with E-state index >= 15 is 0 Å². The first kappa shape index (κ1) is 22.1. The summed E-state index contributed by atoms with van der Waals surface area (Å²) < 4.78 is 13.8.